The molecule has 4 rings (SSSR count). The van der Waals surface area contributed by atoms with Gasteiger partial charge in [-0.25, -0.2) is 9.59 Å². The van der Waals surface area contributed by atoms with Gasteiger partial charge in [-0.3, -0.25) is 24.0 Å². The molecule has 0 aromatic carbocycles. The van der Waals surface area contributed by atoms with E-state index in [1.54, 1.807) is 55.6 Å². The molecule has 0 aromatic heterocycles. The van der Waals surface area contributed by atoms with Gasteiger partial charge in [-0.2, -0.15) is 0 Å². The number of fused-ring (bicyclic) bond motifs is 1. The molecule has 6 atom stereocenters. The van der Waals surface area contributed by atoms with E-state index in [9.17, 15) is 33.6 Å². The number of likely N-dealkylation sites (N-methyl/N-ethyl adjacent to an activating group) is 2. The van der Waals surface area contributed by atoms with Crippen LogP contribution in [0.1, 0.15) is 99.3 Å². The topological polar surface area (TPSA) is 210 Å². The van der Waals surface area contributed by atoms with Crippen molar-refractivity contribution in [1.29, 1.82) is 0 Å². The molecule has 0 unspecified atom stereocenters. The highest BCUT2D eigenvalue weighted by Crippen LogP contribution is 2.29. The molecule has 290 valence electrons. The number of nitrogens with one attached hydrogen (secondary N) is 3. The molecule has 4 N–H and O–H groups in total. The zero-order valence-electron chi connectivity index (χ0n) is 31.7. The molecule has 0 radical (unpaired) electrons. The molecule has 3 aliphatic carbocycles. The maximum absolute atomic E-state index is 12.4. The van der Waals surface area contributed by atoms with Crippen LogP contribution in [0.3, 0.4) is 0 Å². The average Bonchev–Trinajstić information content (AvgIpc) is 3.75. The third-order valence-corrected chi connectivity index (χ3v) is 8.98. The van der Waals surface area contributed by atoms with Gasteiger partial charge in [-0.15, -0.1) is 0 Å². The summed E-state index contributed by atoms with van der Waals surface area (Å²) in [5.41, 5.74) is -1.13. The SMILES string of the molecule is CC(C)(C)OC(=O)N[C@@H]1CCC[C@@H]1C(=O)O.CN1CC(=O)N[C@@H]2CCC[C@@H]2C1=O.COC(=O)CN(C)C(=O)[C@H]1CCC[C@H]1NC(=O)OC(C)(C)C. The van der Waals surface area contributed by atoms with Crippen molar-refractivity contribution in [3.8, 4) is 0 Å². The number of nitrogens with zero attached hydrogens (tertiary/aromatic N) is 2. The molecule has 1 heterocycles. The quantitative estimate of drug-likeness (QED) is 0.231. The number of carbonyl (C=O) groups is 7. The van der Waals surface area contributed by atoms with Crippen molar-refractivity contribution in [2.75, 3.05) is 34.3 Å². The van der Waals surface area contributed by atoms with Gasteiger partial charge in [0.05, 0.1) is 31.4 Å². The van der Waals surface area contributed by atoms with Crippen LogP contribution in [0, 0.1) is 17.8 Å². The van der Waals surface area contributed by atoms with Gasteiger partial charge in [-0.05, 0) is 80.1 Å². The molecular formula is C35H59N5O11. The van der Waals surface area contributed by atoms with E-state index < -0.39 is 41.2 Å². The predicted molar refractivity (Wildman–Crippen MR) is 185 cm³/mol. The number of methoxy groups -OCH3 is 1. The molecule has 0 aromatic rings. The van der Waals surface area contributed by atoms with E-state index >= 15 is 0 Å². The fourth-order valence-electron chi connectivity index (χ4n) is 6.65. The Morgan fingerprint density at radius 2 is 1.31 bits per heavy atom. The number of carboxylic acid groups (broad SMARTS) is 1. The second-order valence-electron chi connectivity index (χ2n) is 15.6. The standard InChI is InChI=1S/C15H26N2O5.C11H19NO4.C9H14N2O2/c1-15(2,3)22-14(20)16-11-8-6-7-10(11)13(19)17(4)9-12(18)21-5;1-11(2,3)16-10(15)12-8-6-4-5-7(8)9(13)14;1-11-5-8(12)10-7-4-2-3-6(7)9(11)13/h10-11H,6-9H2,1-5H3,(H,16,20);7-8H,4-6H2,1-3H3,(H,12,15)(H,13,14);6-7H,2-5H2,1H3,(H,10,12)/t10-,11+;7-,8+;6-,7+/m000/s1. The van der Waals surface area contributed by atoms with Gasteiger partial charge < -0.3 is 45.1 Å². The minimum Gasteiger partial charge on any atom is -0.481 e. The third kappa shape index (κ3) is 14.6. The largest absolute Gasteiger partial charge is 0.481 e. The average molecular weight is 726 g/mol. The monoisotopic (exact) mass is 725 g/mol. The third-order valence-electron chi connectivity index (χ3n) is 8.98. The van der Waals surface area contributed by atoms with Crippen molar-refractivity contribution in [1.82, 2.24) is 25.8 Å². The molecule has 1 aliphatic heterocycles. The molecule has 5 amide bonds. The second-order valence-corrected chi connectivity index (χ2v) is 15.6. The van der Waals surface area contributed by atoms with Crippen LogP contribution in [0.4, 0.5) is 9.59 Å². The van der Waals surface area contributed by atoms with E-state index in [-0.39, 0.29) is 60.8 Å². The van der Waals surface area contributed by atoms with Gasteiger partial charge >= 0.3 is 24.1 Å². The number of hydrogen-bond donors (Lipinski definition) is 4. The minimum atomic E-state index is -0.849. The second kappa shape index (κ2) is 18.9. The summed E-state index contributed by atoms with van der Waals surface area (Å²) in [6, 6.07) is -0.459. The summed E-state index contributed by atoms with van der Waals surface area (Å²) < 4.78 is 14.9. The van der Waals surface area contributed by atoms with Crippen LogP contribution in [0.5, 0.6) is 0 Å². The van der Waals surface area contributed by atoms with Crippen LogP contribution in [0.2, 0.25) is 0 Å². The highest BCUT2D eigenvalue weighted by atomic mass is 16.6. The lowest BCUT2D eigenvalue weighted by molar-refractivity contribution is -0.147. The molecule has 1 saturated heterocycles. The van der Waals surface area contributed by atoms with Crippen molar-refractivity contribution in [3.05, 3.63) is 0 Å². The summed E-state index contributed by atoms with van der Waals surface area (Å²) in [5, 5.41) is 17.2. The first-order valence-electron chi connectivity index (χ1n) is 17.7. The lowest BCUT2D eigenvalue weighted by Gasteiger charge is -2.26. The number of hydrogen-bond acceptors (Lipinski definition) is 10. The highest BCUT2D eigenvalue weighted by Gasteiger charge is 2.39. The fraction of sp³-hybridized carbons (Fsp3) is 0.800. The van der Waals surface area contributed by atoms with Crippen LogP contribution >= 0.6 is 0 Å². The number of aliphatic carboxylic acids is 1. The predicted octanol–water partition coefficient (Wildman–Crippen LogP) is 2.82. The lowest BCUT2D eigenvalue weighted by atomic mass is 10.0. The zero-order valence-corrected chi connectivity index (χ0v) is 31.7. The van der Waals surface area contributed by atoms with Crippen molar-refractivity contribution >= 4 is 41.8 Å². The Kier molecular flexibility index (Phi) is 16.0. The molecule has 4 aliphatic rings. The van der Waals surface area contributed by atoms with Crippen LogP contribution < -0.4 is 16.0 Å². The van der Waals surface area contributed by atoms with Crippen molar-refractivity contribution in [2.24, 2.45) is 17.8 Å². The Morgan fingerprint density at radius 1 is 0.824 bits per heavy atom. The first kappa shape index (κ1) is 43.1. The Hall–Kier alpha value is -4.11. The molecule has 16 heteroatoms. The number of carboxylic acids is 1. The summed E-state index contributed by atoms with van der Waals surface area (Å²) in [7, 11) is 4.54. The van der Waals surface area contributed by atoms with Gasteiger partial charge in [0, 0.05) is 32.2 Å². The first-order valence-corrected chi connectivity index (χ1v) is 17.7. The van der Waals surface area contributed by atoms with E-state index in [0.717, 1.165) is 38.5 Å². The normalized spacial score (nSPS) is 25.7. The smallest absolute Gasteiger partial charge is 0.407 e. The van der Waals surface area contributed by atoms with Crippen molar-refractivity contribution in [2.45, 2.75) is 129 Å². The van der Waals surface area contributed by atoms with Crippen LogP contribution in [-0.4, -0.2) is 120 Å². The summed E-state index contributed by atoms with van der Waals surface area (Å²) in [4.78, 5) is 83.7. The van der Waals surface area contributed by atoms with Crippen LogP contribution in [0.15, 0.2) is 0 Å². The summed E-state index contributed by atoms with van der Waals surface area (Å²) >= 11 is 0. The van der Waals surface area contributed by atoms with Gasteiger partial charge in [-0.1, -0.05) is 19.3 Å². The summed E-state index contributed by atoms with van der Waals surface area (Å²) in [6.07, 6.45) is 6.29. The summed E-state index contributed by atoms with van der Waals surface area (Å²) in [6.45, 7) is 10.8. The fourth-order valence-corrected chi connectivity index (χ4v) is 6.65. The minimum absolute atomic E-state index is 0.0229. The van der Waals surface area contributed by atoms with Crippen LogP contribution in [-0.2, 0) is 38.2 Å². The lowest BCUT2D eigenvalue weighted by Crippen LogP contribution is -2.46. The Bertz CT molecular complexity index is 1260. The molecule has 4 fully saturated rings. The number of rotatable bonds is 6. The van der Waals surface area contributed by atoms with E-state index in [2.05, 4.69) is 20.7 Å². The number of esters is 1. The number of amides is 5. The van der Waals surface area contributed by atoms with Crippen LogP contribution in [0.25, 0.3) is 0 Å². The molecule has 0 spiro atoms. The molecular weight excluding hydrogens is 666 g/mol. The van der Waals surface area contributed by atoms with Crippen molar-refractivity contribution in [3.63, 3.8) is 0 Å². The highest BCUT2D eigenvalue weighted by molar-refractivity contribution is 5.89. The van der Waals surface area contributed by atoms with E-state index in [1.165, 1.54) is 16.9 Å². The van der Waals surface area contributed by atoms with E-state index in [0.29, 0.717) is 19.3 Å². The van der Waals surface area contributed by atoms with Gasteiger partial charge in [0.1, 0.15) is 17.7 Å². The molecule has 3 saturated carbocycles. The van der Waals surface area contributed by atoms with E-state index in [4.69, 9.17) is 14.6 Å². The maximum Gasteiger partial charge on any atom is 0.407 e. The molecule has 0 bridgehead atoms. The Morgan fingerprint density at radius 3 is 1.80 bits per heavy atom. The number of carbonyl (C=O) groups excluding carboxylic acids is 6. The van der Waals surface area contributed by atoms with Gasteiger partial charge in [0.15, 0.2) is 0 Å². The first-order chi connectivity index (χ1) is 23.6. The molecule has 16 nitrogen and oxygen atoms in total. The van der Waals surface area contributed by atoms with Crippen molar-refractivity contribution < 1.29 is 52.9 Å². The molecule has 51 heavy (non-hydrogen) atoms. The Balaban J connectivity index is 0.000000275. The summed E-state index contributed by atoms with van der Waals surface area (Å²) in [5.74, 6) is -2.15. The van der Waals surface area contributed by atoms with Gasteiger partial charge in [0.2, 0.25) is 17.7 Å². The number of alkyl carbamates (subject to hydrolysis) is 2. The zero-order chi connectivity index (χ0) is 38.7. The number of ether oxygens (including phenoxy) is 3. The maximum atomic E-state index is 12.4. The Labute approximate surface area is 301 Å². The van der Waals surface area contributed by atoms with E-state index in [1.807, 2.05) is 0 Å². The van der Waals surface area contributed by atoms with Gasteiger partial charge in [0.25, 0.3) is 0 Å².